The van der Waals surface area contributed by atoms with Crippen molar-refractivity contribution in [3.05, 3.63) is 29.2 Å². The maximum atomic E-state index is 5.85. The van der Waals surface area contributed by atoms with E-state index in [0.717, 1.165) is 11.2 Å². The standard InChI is InChI=1S/C10H12ClN3/c1-10(2,3)7-6-12-14-5-4-8(11)13-9(7)14/h4-6H,1-3H3. The third-order valence-electron chi connectivity index (χ3n) is 2.14. The van der Waals surface area contributed by atoms with Crippen LogP contribution in [0.2, 0.25) is 5.15 Å². The molecule has 0 aliphatic heterocycles. The first-order valence-corrected chi connectivity index (χ1v) is 4.86. The fourth-order valence-corrected chi connectivity index (χ4v) is 1.51. The first-order valence-electron chi connectivity index (χ1n) is 4.49. The molecular formula is C10H12ClN3. The number of halogens is 1. The number of nitrogens with zero attached hydrogens (tertiary/aromatic N) is 3. The van der Waals surface area contributed by atoms with Crippen LogP contribution in [0.5, 0.6) is 0 Å². The van der Waals surface area contributed by atoms with Crippen molar-refractivity contribution < 1.29 is 0 Å². The molecule has 2 aromatic rings. The Morgan fingerprint density at radius 1 is 1.36 bits per heavy atom. The van der Waals surface area contributed by atoms with Crippen molar-refractivity contribution in [1.82, 2.24) is 14.6 Å². The van der Waals surface area contributed by atoms with E-state index < -0.39 is 0 Å². The lowest BCUT2D eigenvalue weighted by atomic mass is 9.89. The van der Waals surface area contributed by atoms with Gasteiger partial charge in [0.1, 0.15) is 5.15 Å². The summed E-state index contributed by atoms with van der Waals surface area (Å²) in [4.78, 5) is 4.27. The molecule has 0 atom stereocenters. The van der Waals surface area contributed by atoms with Crippen LogP contribution in [0.4, 0.5) is 0 Å². The zero-order valence-electron chi connectivity index (χ0n) is 8.45. The zero-order valence-corrected chi connectivity index (χ0v) is 9.21. The fraction of sp³-hybridized carbons (Fsp3) is 0.400. The average Bonchev–Trinajstić information content (AvgIpc) is 2.45. The summed E-state index contributed by atoms with van der Waals surface area (Å²) in [7, 11) is 0. The van der Waals surface area contributed by atoms with Crippen LogP contribution in [0, 0.1) is 0 Å². The second-order valence-corrected chi connectivity index (χ2v) is 4.71. The first-order chi connectivity index (χ1) is 6.48. The van der Waals surface area contributed by atoms with Crippen LogP contribution in [-0.2, 0) is 5.41 Å². The second-order valence-electron chi connectivity index (χ2n) is 4.33. The summed E-state index contributed by atoms with van der Waals surface area (Å²) < 4.78 is 1.74. The Morgan fingerprint density at radius 3 is 2.71 bits per heavy atom. The molecule has 0 N–H and O–H groups in total. The van der Waals surface area contributed by atoms with E-state index in [9.17, 15) is 0 Å². The van der Waals surface area contributed by atoms with Gasteiger partial charge in [-0.15, -0.1) is 0 Å². The normalized spacial score (nSPS) is 12.3. The molecule has 3 nitrogen and oxygen atoms in total. The van der Waals surface area contributed by atoms with Gasteiger partial charge >= 0.3 is 0 Å². The molecule has 4 heteroatoms. The van der Waals surface area contributed by atoms with Gasteiger partial charge in [0.25, 0.3) is 0 Å². The molecule has 0 saturated carbocycles. The van der Waals surface area contributed by atoms with Crippen LogP contribution < -0.4 is 0 Å². The Balaban J connectivity index is 2.73. The fourth-order valence-electron chi connectivity index (χ4n) is 1.38. The van der Waals surface area contributed by atoms with Crippen molar-refractivity contribution in [2.75, 3.05) is 0 Å². The van der Waals surface area contributed by atoms with E-state index in [1.807, 2.05) is 12.4 Å². The lowest BCUT2D eigenvalue weighted by molar-refractivity contribution is 0.594. The van der Waals surface area contributed by atoms with Crippen LogP contribution in [0.1, 0.15) is 26.3 Å². The topological polar surface area (TPSA) is 30.2 Å². The highest BCUT2D eigenvalue weighted by Crippen LogP contribution is 2.25. The molecule has 0 amide bonds. The van der Waals surface area contributed by atoms with Gasteiger partial charge in [0.2, 0.25) is 0 Å². The molecule has 2 aromatic heterocycles. The Kier molecular flexibility index (Phi) is 2.00. The van der Waals surface area contributed by atoms with Crippen LogP contribution in [0.15, 0.2) is 18.5 Å². The summed E-state index contributed by atoms with van der Waals surface area (Å²) >= 11 is 5.85. The minimum atomic E-state index is 0.0411. The van der Waals surface area contributed by atoms with E-state index in [1.165, 1.54) is 0 Å². The molecule has 0 unspecified atom stereocenters. The van der Waals surface area contributed by atoms with Gasteiger partial charge in [-0.25, -0.2) is 9.50 Å². The van der Waals surface area contributed by atoms with Gasteiger partial charge in [-0.1, -0.05) is 32.4 Å². The molecule has 2 heterocycles. The van der Waals surface area contributed by atoms with Gasteiger partial charge < -0.3 is 0 Å². The number of aromatic nitrogens is 3. The first kappa shape index (κ1) is 9.46. The molecule has 0 aliphatic carbocycles. The monoisotopic (exact) mass is 209 g/mol. The van der Waals surface area contributed by atoms with Crippen LogP contribution in [0.3, 0.4) is 0 Å². The largest absolute Gasteiger partial charge is 0.222 e. The lowest BCUT2D eigenvalue weighted by Gasteiger charge is -2.15. The van der Waals surface area contributed by atoms with Crippen molar-refractivity contribution in [2.24, 2.45) is 0 Å². The number of hydrogen-bond acceptors (Lipinski definition) is 2. The summed E-state index contributed by atoms with van der Waals surface area (Å²) in [6.07, 6.45) is 3.67. The average molecular weight is 210 g/mol. The molecule has 0 fully saturated rings. The second kappa shape index (κ2) is 2.95. The molecule has 0 aromatic carbocycles. The van der Waals surface area contributed by atoms with Crippen LogP contribution in [-0.4, -0.2) is 14.6 Å². The van der Waals surface area contributed by atoms with Crippen molar-refractivity contribution in [3.63, 3.8) is 0 Å². The summed E-state index contributed by atoms with van der Waals surface area (Å²) in [6.45, 7) is 6.39. The number of hydrogen-bond donors (Lipinski definition) is 0. The van der Waals surface area contributed by atoms with Gasteiger partial charge in [-0.2, -0.15) is 5.10 Å². The summed E-state index contributed by atoms with van der Waals surface area (Å²) in [5.74, 6) is 0. The lowest BCUT2D eigenvalue weighted by Crippen LogP contribution is -2.11. The van der Waals surface area contributed by atoms with Crippen molar-refractivity contribution in [3.8, 4) is 0 Å². The Hall–Kier alpha value is -1.09. The van der Waals surface area contributed by atoms with E-state index in [2.05, 4.69) is 30.9 Å². The van der Waals surface area contributed by atoms with E-state index >= 15 is 0 Å². The SMILES string of the molecule is CC(C)(C)c1cnn2ccc(Cl)nc12. The Labute approximate surface area is 87.7 Å². The highest BCUT2D eigenvalue weighted by atomic mass is 35.5. The zero-order chi connectivity index (χ0) is 10.3. The smallest absolute Gasteiger partial charge is 0.160 e. The molecule has 74 valence electrons. The van der Waals surface area contributed by atoms with Gasteiger partial charge in [0.15, 0.2) is 5.65 Å². The third kappa shape index (κ3) is 1.48. The molecule has 2 rings (SSSR count). The van der Waals surface area contributed by atoms with Crippen molar-refractivity contribution in [1.29, 1.82) is 0 Å². The summed E-state index contributed by atoms with van der Waals surface area (Å²) in [5.41, 5.74) is 1.99. The molecule has 0 radical (unpaired) electrons. The van der Waals surface area contributed by atoms with Gasteiger partial charge in [0, 0.05) is 11.8 Å². The van der Waals surface area contributed by atoms with Gasteiger partial charge in [-0.3, -0.25) is 0 Å². The quantitative estimate of drug-likeness (QED) is 0.625. The number of rotatable bonds is 0. The van der Waals surface area contributed by atoms with E-state index in [4.69, 9.17) is 11.6 Å². The van der Waals surface area contributed by atoms with E-state index in [0.29, 0.717) is 5.15 Å². The Bertz CT molecular complexity index is 468. The van der Waals surface area contributed by atoms with E-state index in [-0.39, 0.29) is 5.41 Å². The highest BCUT2D eigenvalue weighted by Gasteiger charge is 2.19. The number of fused-ring (bicyclic) bond motifs is 1. The Morgan fingerprint density at radius 2 is 2.07 bits per heavy atom. The predicted molar refractivity (Wildman–Crippen MR) is 56.7 cm³/mol. The maximum Gasteiger partial charge on any atom is 0.160 e. The minimum absolute atomic E-state index is 0.0411. The van der Waals surface area contributed by atoms with Crippen molar-refractivity contribution in [2.45, 2.75) is 26.2 Å². The van der Waals surface area contributed by atoms with Crippen LogP contribution >= 0.6 is 11.6 Å². The molecule has 0 spiro atoms. The third-order valence-corrected chi connectivity index (χ3v) is 2.35. The van der Waals surface area contributed by atoms with E-state index in [1.54, 1.807) is 10.6 Å². The minimum Gasteiger partial charge on any atom is -0.222 e. The molecular weight excluding hydrogens is 198 g/mol. The van der Waals surface area contributed by atoms with Crippen LogP contribution in [0.25, 0.3) is 5.65 Å². The maximum absolute atomic E-state index is 5.85. The summed E-state index contributed by atoms with van der Waals surface area (Å²) in [5, 5.41) is 4.72. The van der Waals surface area contributed by atoms with Crippen molar-refractivity contribution >= 4 is 17.2 Å². The molecule has 14 heavy (non-hydrogen) atoms. The molecule has 0 aliphatic rings. The molecule has 0 saturated heterocycles. The summed E-state index contributed by atoms with van der Waals surface area (Å²) in [6, 6.07) is 1.73. The predicted octanol–water partition coefficient (Wildman–Crippen LogP) is 2.68. The highest BCUT2D eigenvalue weighted by molar-refractivity contribution is 6.29. The van der Waals surface area contributed by atoms with Gasteiger partial charge in [0.05, 0.1) is 6.20 Å². The molecule has 0 bridgehead atoms. The van der Waals surface area contributed by atoms with Gasteiger partial charge in [-0.05, 0) is 11.5 Å².